The van der Waals surface area contributed by atoms with E-state index < -0.39 is 23.1 Å². The van der Waals surface area contributed by atoms with Crippen LogP contribution in [0.25, 0.3) is 11.0 Å². The van der Waals surface area contributed by atoms with Crippen molar-refractivity contribution >= 4 is 34.2 Å². The van der Waals surface area contributed by atoms with Gasteiger partial charge >= 0.3 is 0 Å². The average molecular weight is 413 g/mol. The van der Waals surface area contributed by atoms with Gasteiger partial charge in [0.25, 0.3) is 0 Å². The molecule has 0 saturated heterocycles. The largest absolute Gasteiger partial charge is 0.390 e. The Hall–Kier alpha value is -2.62. The Morgan fingerprint density at radius 3 is 2.57 bits per heavy atom. The predicted molar refractivity (Wildman–Crippen MR) is 98.5 cm³/mol. The first-order chi connectivity index (χ1) is 13.1. The lowest BCUT2D eigenvalue weighted by atomic mass is 10.1. The first-order valence-corrected chi connectivity index (χ1v) is 8.50. The molecule has 148 valence electrons. The summed E-state index contributed by atoms with van der Waals surface area (Å²) in [6, 6.07) is 4.41. The van der Waals surface area contributed by atoms with Crippen LogP contribution in [0.3, 0.4) is 0 Å². The number of hydroxylamine groups is 1. The predicted octanol–water partition coefficient (Wildman–Crippen LogP) is 4.00. The highest BCUT2D eigenvalue weighted by Gasteiger charge is 2.22. The number of nitrogens with one attached hydrogen (secondary N) is 2. The van der Waals surface area contributed by atoms with Crippen molar-refractivity contribution in [1.82, 2.24) is 15.4 Å². The lowest BCUT2D eigenvalue weighted by Gasteiger charge is -2.14. The van der Waals surface area contributed by atoms with Crippen LogP contribution < -0.4 is 5.48 Å². The summed E-state index contributed by atoms with van der Waals surface area (Å²) in [7, 11) is 0. The fourth-order valence-electron chi connectivity index (χ4n) is 2.66. The van der Waals surface area contributed by atoms with E-state index in [0.29, 0.717) is 0 Å². The number of aliphatic imine (C=N–C) groups is 1. The molecule has 2 aromatic carbocycles. The van der Waals surface area contributed by atoms with Crippen LogP contribution >= 0.6 is 11.6 Å². The minimum absolute atomic E-state index is 0.0219. The lowest BCUT2D eigenvalue weighted by Crippen LogP contribution is -2.22. The molecule has 3 rings (SSSR count). The van der Waals surface area contributed by atoms with E-state index in [1.165, 1.54) is 12.1 Å². The van der Waals surface area contributed by atoms with Crippen LogP contribution in [-0.4, -0.2) is 31.7 Å². The standard InChI is InChI=1S/C18H16ClF3N4O2/c1-18(2,27)7-13-24-15-9(6-12(21)14(22)16(15)25-13)17(26-28)23-8-3-4-11(20)10(19)5-8/h3-6,27-28H,7H2,1-2H3,(H,23,26)(H,24,25). The van der Waals surface area contributed by atoms with E-state index in [-0.39, 0.29) is 45.4 Å². The average Bonchev–Trinajstić information content (AvgIpc) is 3.01. The summed E-state index contributed by atoms with van der Waals surface area (Å²) in [5, 5.41) is 19.2. The summed E-state index contributed by atoms with van der Waals surface area (Å²) in [6.07, 6.45) is 0.0504. The summed E-state index contributed by atoms with van der Waals surface area (Å²) in [5.74, 6) is -3.07. The molecule has 3 aromatic rings. The summed E-state index contributed by atoms with van der Waals surface area (Å²) < 4.78 is 41.6. The fourth-order valence-corrected chi connectivity index (χ4v) is 2.84. The number of aromatic nitrogens is 2. The van der Waals surface area contributed by atoms with Gasteiger partial charge in [0.1, 0.15) is 17.2 Å². The zero-order chi connectivity index (χ0) is 20.6. The third kappa shape index (κ3) is 4.11. The number of hydrogen-bond donors (Lipinski definition) is 4. The van der Waals surface area contributed by atoms with Gasteiger partial charge in [-0.05, 0) is 38.1 Å². The maximum atomic E-state index is 14.2. The van der Waals surface area contributed by atoms with Crippen molar-refractivity contribution in [2.24, 2.45) is 4.99 Å². The van der Waals surface area contributed by atoms with Gasteiger partial charge in [0, 0.05) is 12.0 Å². The summed E-state index contributed by atoms with van der Waals surface area (Å²) in [6.45, 7) is 3.08. The molecule has 0 radical (unpaired) electrons. The Bertz CT molecular complexity index is 1080. The molecule has 4 N–H and O–H groups in total. The molecule has 0 saturated carbocycles. The molecule has 1 heterocycles. The molecule has 6 nitrogen and oxygen atoms in total. The molecule has 10 heteroatoms. The highest BCUT2D eigenvalue weighted by atomic mass is 35.5. The summed E-state index contributed by atoms with van der Waals surface area (Å²) in [4.78, 5) is 10.9. The smallest absolute Gasteiger partial charge is 0.186 e. The minimum atomic E-state index is -1.20. The van der Waals surface area contributed by atoms with Crippen molar-refractivity contribution in [1.29, 1.82) is 0 Å². The molecular weight excluding hydrogens is 397 g/mol. The van der Waals surface area contributed by atoms with E-state index >= 15 is 0 Å². The maximum Gasteiger partial charge on any atom is 0.186 e. The first kappa shape index (κ1) is 20.1. The van der Waals surface area contributed by atoms with E-state index in [1.807, 2.05) is 5.48 Å². The number of fused-ring (bicyclic) bond motifs is 1. The van der Waals surface area contributed by atoms with Crippen LogP contribution in [0, 0.1) is 17.5 Å². The van der Waals surface area contributed by atoms with Gasteiger partial charge in [-0.15, -0.1) is 0 Å². The number of hydrogen-bond acceptors (Lipinski definition) is 4. The van der Waals surface area contributed by atoms with Gasteiger partial charge < -0.3 is 10.1 Å². The molecule has 0 aliphatic carbocycles. The third-order valence-electron chi connectivity index (χ3n) is 3.82. The number of amidine groups is 1. The number of nitrogens with zero attached hydrogens (tertiary/aromatic N) is 2. The molecule has 0 spiro atoms. The van der Waals surface area contributed by atoms with E-state index in [9.17, 15) is 23.5 Å². The Morgan fingerprint density at radius 1 is 1.25 bits per heavy atom. The van der Waals surface area contributed by atoms with E-state index in [1.54, 1.807) is 13.8 Å². The minimum Gasteiger partial charge on any atom is -0.390 e. The van der Waals surface area contributed by atoms with Crippen LogP contribution in [0.15, 0.2) is 29.3 Å². The summed E-state index contributed by atoms with van der Waals surface area (Å²) in [5.41, 5.74) is 0.578. The number of imidazole rings is 1. The molecule has 0 bridgehead atoms. The second-order valence-corrected chi connectivity index (χ2v) is 7.19. The van der Waals surface area contributed by atoms with Crippen molar-refractivity contribution in [2.75, 3.05) is 0 Å². The van der Waals surface area contributed by atoms with Gasteiger partial charge in [-0.25, -0.2) is 23.1 Å². The zero-order valence-electron chi connectivity index (χ0n) is 14.8. The molecule has 1 aromatic heterocycles. The van der Waals surface area contributed by atoms with Gasteiger partial charge in [-0.2, -0.15) is 0 Å². The van der Waals surface area contributed by atoms with Crippen LogP contribution in [0.4, 0.5) is 18.9 Å². The topological polar surface area (TPSA) is 93.5 Å². The van der Waals surface area contributed by atoms with E-state index in [4.69, 9.17) is 11.6 Å². The number of benzene rings is 2. The highest BCUT2D eigenvalue weighted by molar-refractivity contribution is 6.31. The number of aliphatic hydroxyl groups is 1. The molecule has 0 aliphatic rings. The van der Waals surface area contributed by atoms with Crippen molar-refractivity contribution in [3.8, 4) is 0 Å². The monoisotopic (exact) mass is 412 g/mol. The molecule has 0 aliphatic heterocycles. The Balaban J connectivity index is 2.17. The number of aromatic amines is 1. The zero-order valence-corrected chi connectivity index (χ0v) is 15.6. The lowest BCUT2D eigenvalue weighted by molar-refractivity contribution is 0.0791. The molecule has 0 atom stereocenters. The van der Waals surface area contributed by atoms with Gasteiger partial charge in [-0.3, -0.25) is 10.7 Å². The number of rotatable bonds is 4. The SMILES string of the molecule is CC(C)(O)Cc1nc2c(F)c(F)cc(C(=Nc3ccc(F)c(Cl)c3)NO)c2[nH]1. The number of H-pyrrole nitrogens is 1. The molecule has 0 fully saturated rings. The maximum absolute atomic E-state index is 14.2. The molecule has 0 unspecified atom stereocenters. The van der Waals surface area contributed by atoms with Crippen molar-refractivity contribution in [2.45, 2.75) is 25.9 Å². The van der Waals surface area contributed by atoms with Gasteiger partial charge in [-0.1, -0.05) is 11.6 Å². The van der Waals surface area contributed by atoms with Crippen LogP contribution in [-0.2, 0) is 6.42 Å². The second-order valence-electron chi connectivity index (χ2n) is 6.79. The molecule has 0 amide bonds. The molecule has 28 heavy (non-hydrogen) atoms. The second kappa shape index (κ2) is 7.42. The van der Waals surface area contributed by atoms with E-state index in [0.717, 1.165) is 12.1 Å². The Kier molecular flexibility index (Phi) is 5.33. The van der Waals surface area contributed by atoms with Gasteiger partial charge in [0.2, 0.25) is 0 Å². The van der Waals surface area contributed by atoms with Gasteiger partial charge in [0.05, 0.1) is 21.8 Å². The van der Waals surface area contributed by atoms with Crippen LogP contribution in [0.5, 0.6) is 0 Å². The quantitative estimate of drug-likeness (QED) is 0.296. The summed E-state index contributed by atoms with van der Waals surface area (Å²) >= 11 is 5.72. The fraction of sp³-hybridized carbons (Fsp3) is 0.222. The van der Waals surface area contributed by atoms with Crippen molar-refractivity contribution in [3.63, 3.8) is 0 Å². The van der Waals surface area contributed by atoms with Crippen molar-refractivity contribution in [3.05, 3.63) is 58.1 Å². The normalized spacial score (nSPS) is 12.6. The number of halogens is 4. The molecular formula is C18H16ClF3N4O2. The van der Waals surface area contributed by atoms with Crippen molar-refractivity contribution < 1.29 is 23.5 Å². The van der Waals surface area contributed by atoms with Crippen LogP contribution in [0.2, 0.25) is 5.02 Å². The first-order valence-electron chi connectivity index (χ1n) is 8.12. The third-order valence-corrected chi connectivity index (χ3v) is 4.11. The van der Waals surface area contributed by atoms with Crippen LogP contribution in [0.1, 0.15) is 25.2 Å². The Labute approximate surface area is 162 Å². The van der Waals surface area contributed by atoms with Gasteiger partial charge in [0.15, 0.2) is 17.5 Å². The Morgan fingerprint density at radius 2 is 1.96 bits per heavy atom. The van der Waals surface area contributed by atoms with E-state index in [2.05, 4.69) is 15.0 Å². The highest BCUT2D eigenvalue weighted by Crippen LogP contribution is 2.27.